The maximum Gasteiger partial charge on any atom is 0.247 e. The third kappa shape index (κ3) is 3.09. The van der Waals surface area contributed by atoms with Crippen LogP contribution in [-0.4, -0.2) is 29.9 Å². The van der Waals surface area contributed by atoms with E-state index in [2.05, 4.69) is 38.0 Å². The second kappa shape index (κ2) is 6.89. The minimum atomic E-state index is -0.511. The smallest absolute Gasteiger partial charge is 0.247 e. The average molecular weight is 385 g/mol. The number of thiol groups is 1. The number of aromatic nitrogens is 6. The van der Waals surface area contributed by atoms with Crippen LogP contribution >= 0.6 is 24.2 Å². The van der Waals surface area contributed by atoms with E-state index in [-0.39, 0.29) is 0 Å². The van der Waals surface area contributed by atoms with Crippen molar-refractivity contribution < 1.29 is 4.52 Å². The molecular weight excluding hydrogens is 372 g/mol. The van der Waals surface area contributed by atoms with Gasteiger partial charge in [-0.15, -0.1) is 10.2 Å². The number of pyridine rings is 1. The Morgan fingerprint density at radius 3 is 2.69 bits per heavy atom. The number of hydrogen-bond donors (Lipinski definition) is 1. The van der Waals surface area contributed by atoms with Crippen LogP contribution in [0.1, 0.15) is 17.0 Å². The SMILES string of the molecule is Cn1c(-c2ccncc2)nnc1C(S)c1nc(-c2cccc(Cl)c2)no1. The predicted molar refractivity (Wildman–Crippen MR) is 99.8 cm³/mol. The number of hydrogen-bond acceptors (Lipinski definition) is 7. The van der Waals surface area contributed by atoms with E-state index < -0.39 is 5.25 Å². The molecule has 7 nitrogen and oxygen atoms in total. The Hall–Kier alpha value is -2.71. The molecule has 1 aromatic carbocycles. The molecular formula is C17H13ClN6OS. The molecule has 0 saturated carbocycles. The molecule has 1 unspecified atom stereocenters. The van der Waals surface area contributed by atoms with Gasteiger partial charge in [0.1, 0.15) is 5.25 Å². The zero-order valence-corrected chi connectivity index (χ0v) is 15.3. The van der Waals surface area contributed by atoms with E-state index >= 15 is 0 Å². The summed E-state index contributed by atoms with van der Waals surface area (Å²) in [5.41, 5.74) is 1.68. The molecule has 0 aliphatic rings. The molecule has 4 rings (SSSR count). The highest BCUT2D eigenvalue weighted by molar-refractivity contribution is 7.80. The summed E-state index contributed by atoms with van der Waals surface area (Å²) in [5.74, 6) is 2.08. The molecule has 0 aliphatic carbocycles. The zero-order chi connectivity index (χ0) is 18.1. The number of rotatable bonds is 4. The molecule has 1 atom stereocenters. The second-order valence-corrected chi connectivity index (χ2v) is 6.50. The van der Waals surface area contributed by atoms with Gasteiger partial charge in [-0.3, -0.25) is 4.98 Å². The summed E-state index contributed by atoms with van der Waals surface area (Å²) in [4.78, 5) is 8.43. The molecule has 3 aromatic heterocycles. The number of halogens is 1. The molecule has 0 radical (unpaired) electrons. The standard InChI is InChI=1S/C17H13ClN6OS/c1-24-15(10-5-7-19-8-6-10)21-22-16(24)13(26)17-20-14(23-25-17)11-3-2-4-12(18)9-11/h2-9,13,26H,1H3. The summed E-state index contributed by atoms with van der Waals surface area (Å²) in [7, 11) is 1.86. The summed E-state index contributed by atoms with van der Waals surface area (Å²) in [6.07, 6.45) is 3.41. The largest absolute Gasteiger partial charge is 0.337 e. The van der Waals surface area contributed by atoms with Crippen molar-refractivity contribution in [1.29, 1.82) is 0 Å². The van der Waals surface area contributed by atoms with Crippen molar-refractivity contribution in [2.45, 2.75) is 5.25 Å². The monoisotopic (exact) mass is 384 g/mol. The van der Waals surface area contributed by atoms with Gasteiger partial charge in [0.05, 0.1) is 0 Å². The highest BCUT2D eigenvalue weighted by Gasteiger charge is 2.24. The van der Waals surface area contributed by atoms with Crippen LogP contribution in [-0.2, 0) is 7.05 Å². The molecule has 9 heteroatoms. The van der Waals surface area contributed by atoms with Gasteiger partial charge in [-0.2, -0.15) is 17.6 Å². The fourth-order valence-electron chi connectivity index (χ4n) is 2.53. The molecule has 0 N–H and O–H groups in total. The molecule has 0 amide bonds. The first kappa shape index (κ1) is 16.7. The van der Waals surface area contributed by atoms with Crippen molar-refractivity contribution >= 4 is 24.2 Å². The second-order valence-electron chi connectivity index (χ2n) is 5.55. The summed E-state index contributed by atoms with van der Waals surface area (Å²) in [6.45, 7) is 0. The number of benzene rings is 1. The van der Waals surface area contributed by atoms with Gasteiger partial charge in [-0.1, -0.05) is 28.9 Å². The minimum Gasteiger partial charge on any atom is -0.337 e. The van der Waals surface area contributed by atoms with E-state index in [1.807, 2.05) is 35.9 Å². The molecule has 0 spiro atoms. The summed E-state index contributed by atoms with van der Waals surface area (Å²) < 4.78 is 7.22. The first-order chi connectivity index (χ1) is 12.6. The van der Waals surface area contributed by atoms with Gasteiger partial charge in [-0.05, 0) is 24.3 Å². The Bertz CT molecular complexity index is 1050. The van der Waals surface area contributed by atoms with Crippen LogP contribution in [0.5, 0.6) is 0 Å². The Kier molecular flexibility index (Phi) is 4.44. The Morgan fingerprint density at radius 1 is 1.12 bits per heavy atom. The van der Waals surface area contributed by atoms with Gasteiger partial charge >= 0.3 is 0 Å². The Morgan fingerprint density at radius 2 is 1.92 bits per heavy atom. The van der Waals surface area contributed by atoms with Gasteiger partial charge in [0.2, 0.25) is 11.7 Å². The van der Waals surface area contributed by atoms with Crippen molar-refractivity contribution in [1.82, 2.24) is 29.9 Å². The molecule has 130 valence electrons. The maximum absolute atomic E-state index is 6.01. The van der Waals surface area contributed by atoms with Crippen LogP contribution in [0.2, 0.25) is 5.02 Å². The van der Waals surface area contributed by atoms with E-state index in [4.69, 9.17) is 16.1 Å². The van der Waals surface area contributed by atoms with Crippen LogP contribution < -0.4 is 0 Å². The van der Waals surface area contributed by atoms with Crippen LogP contribution in [0.25, 0.3) is 22.8 Å². The third-order valence-electron chi connectivity index (χ3n) is 3.85. The quantitative estimate of drug-likeness (QED) is 0.541. The average Bonchev–Trinajstić information content (AvgIpc) is 3.29. The van der Waals surface area contributed by atoms with Crippen molar-refractivity contribution in [3.8, 4) is 22.8 Å². The number of nitrogens with zero attached hydrogens (tertiary/aromatic N) is 6. The molecule has 0 saturated heterocycles. The van der Waals surface area contributed by atoms with E-state index in [0.717, 1.165) is 11.1 Å². The lowest BCUT2D eigenvalue weighted by molar-refractivity contribution is 0.381. The molecule has 3 heterocycles. The van der Waals surface area contributed by atoms with Gasteiger partial charge in [0, 0.05) is 35.6 Å². The highest BCUT2D eigenvalue weighted by Crippen LogP contribution is 2.29. The molecule has 0 bridgehead atoms. The first-order valence-corrected chi connectivity index (χ1v) is 8.60. The lowest BCUT2D eigenvalue weighted by Crippen LogP contribution is -2.04. The van der Waals surface area contributed by atoms with Crippen molar-refractivity contribution in [2.24, 2.45) is 7.05 Å². The van der Waals surface area contributed by atoms with Crippen molar-refractivity contribution in [3.05, 3.63) is 65.5 Å². The molecule has 26 heavy (non-hydrogen) atoms. The fraction of sp³-hybridized carbons (Fsp3) is 0.118. The molecule has 4 aromatic rings. The van der Waals surface area contributed by atoms with Crippen molar-refractivity contribution in [2.75, 3.05) is 0 Å². The van der Waals surface area contributed by atoms with Crippen LogP contribution in [0, 0.1) is 0 Å². The normalized spacial score (nSPS) is 12.3. The summed E-state index contributed by atoms with van der Waals surface area (Å²) in [6, 6.07) is 11.0. The van der Waals surface area contributed by atoms with Gasteiger partial charge < -0.3 is 9.09 Å². The Labute approximate surface area is 159 Å². The maximum atomic E-state index is 6.01. The van der Waals surface area contributed by atoms with Crippen molar-refractivity contribution in [3.63, 3.8) is 0 Å². The van der Waals surface area contributed by atoms with Crippen LogP contribution in [0.15, 0.2) is 53.3 Å². The minimum absolute atomic E-state index is 0.333. The van der Waals surface area contributed by atoms with Gasteiger partial charge in [-0.25, -0.2) is 0 Å². The van der Waals surface area contributed by atoms with E-state index in [1.54, 1.807) is 24.5 Å². The summed E-state index contributed by atoms with van der Waals surface area (Å²) >= 11 is 10.6. The molecule has 0 fully saturated rings. The predicted octanol–water partition coefficient (Wildman–Crippen LogP) is 3.60. The topological polar surface area (TPSA) is 82.5 Å². The van der Waals surface area contributed by atoms with E-state index in [1.165, 1.54) is 0 Å². The lowest BCUT2D eigenvalue weighted by atomic mass is 10.2. The third-order valence-corrected chi connectivity index (χ3v) is 4.54. The van der Waals surface area contributed by atoms with E-state index in [9.17, 15) is 0 Å². The first-order valence-electron chi connectivity index (χ1n) is 7.71. The Balaban J connectivity index is 1.65. The van der Waals surface area contributed by atoms with Gasteiger partial charge in [0.25, 0.3) is 0 Å². The molecule has 0 aliphatic heterocycles. The lowest BCUT2D eigenvalue weighted by Gasteiger charge is -2.06. The van der Waals surface area contributed by atoms with E-state index in [0.29, 0.717) is 28.4 Å². The summed E-state index contributed by atoms with van der Waals surface area (Å²) in [5, 5.41) is 12.6. The van der Waals surface area contributed by atoms with Crippen LogP contribution in [0.3, 0.4) is 0 Å². The zero-order valence-electron chi connectivity index (χ0n) is 13.6. The highest BCUT2D eigenvalue weighted by atomic mass is 35.5. The van der Waals surface area contributed by atoms with Gasteiger partial charge in [0.15, 0.2) is 11.6 Å². The fourth-order valence-corrected chi connectivity index (χ4v) is 3.05. The van der Waals surface area contributed by atoms with Crippen LogP contribution in [0.4, 0.5) is 0 Å².